The molecule has 1 saturated heterocycles. The fraction of sp³-hybridized carbons (Fsp3) is 0.357. The first-order chi connectivity index (χ1) is 9.86. The van der Waals surface area contributed by atoms with E-state index in [2.05, 4.69) is 25.2 Å². The van der Waals surface area contributed by atoms with Crippen LogP contribution in [0.5, 0.6) is 0 Å². The third kappa shape index (κ3) is 2.70. The van der Waals surface area contributed by atoms with E-state index in [4.69, 9.17) is 4.74 Å². The maximum Gasteiger partial charge on any atom is 0.225 e. The summed E-state index contributed by atoms with van der Waals surface area (Å²) in [7, 11) is 1.86. The van der Waals surface area contributed by atoms with Gasteiger partial charge >= 0.3 is 0 Å². The number of morpholine rings is 1. The molecule has 0 amide bonds. The molecule has 3 heterocycles. The molecule has 1 atom stereocenters. The smallest absolute Gasteiger partial charge is 0.225 e. The van der Waals surface area contributed by atoms with Crippen LogP contribution in [0, 0.1) is 0 Å². The van der Waals surface area contributed by atoms with Crippen molar-refractivity contribution >= 4 is 11.8 Å². The number of hydrogen-bond donors (Lipinski definition) is 1. The van der Waals surface area contributed by atoms with Crippen LogP contribution < -0.4 is 10.2 Å². The van der Waals surface area contributed by atoms with E-state index in [0.29, 0.717) is 13.2 Å². The maximum absolute atomic E-state index is 5.83. The molecule has 3 rings (SSSR count). The molecule has 0 spiro atoms. The zero-order valence-electron chi connectivity index (χ0n) is 11.4. The Bertz CT molecular complexity index is 563. The van der Waals surface area contributed by atoms with E-state index >= 15 is 0 Å². The number of anilines is 2. The number of nitrogens with zero attached hydrogens (tertiary/aromatic N) is 4. The highest BCUT2D eigenvalue weighted by Gasteiger charge is 2.24. The summed E-state index contributed by atoms with van der Waals surface area (Å²) in [5, 5.41) is 3.04. The molecule has 104 valence electrons. The van der Waals surface area contributed by atoms with Gasteiger partial charge in [0.25, 0.3) is 0 Å². The summed E-state index contributed by atoms with van der Waals surface area (Å²) in [4.78, 5) is 15.2. The zero-order valence-corrected chi connectivity index (χ0v) is 11.4. The van der Waals surface area contributed by atoms with Crippen LogP contribution in [0.3, 0.4) is 0 Å². The van der Waals surface area contributed by atoms with Gasteiger partial charge in [-0.3, -0.25) is 0 Å². The predicted molar refractivity (Wildman–Crippen MR) is 76.7 cm³/mol. The van der Waals surface area contributed by atoms with Gasteiger partial charge in [-0.25, -0.2) is 15.0 Å². The van der Waals surface area contributed by atoms with Crippen LogP contribution in [0.15, 0.2) is 36.7 Å². The van der Waals surface area contributed by atoms with Crippen LogP contribution in [-0.4, -0.2) is 41.7 Å². The average molecular weight is 271 g/mol. The SMILES string of the molecule is CNc1cccc(C2CN(c3ncccn3)CCO2)n1. The lowest BCUT2D eigenvalue weighted by atomic mass is 10.2. The molecule has 2 aromatic heterocycles. The maximum atomic E-state index is 5.83. The summed E-state index contributed by atoms with van der Waals surface area (Å²) in [5.74, 6) is 1.59. The third-order valence-electron chi connectivity index (χ3n) is 3.26. The molecule has 1 aliphatic heterocycles. The largest absolute Gasteiger partial charge is 0.373 e. The van der Waals surface area contributed by atoms with Gasteiger partial charge in [-0.2, -0.15) is 0 Å². The molecule has 0 aromatic carbocycles. The summed E-state index contributed by atoms with van der Waals surface area (Å²) >= 11 is 0. The zero-order chi connectivity index (χ0) is 13.8. The van der Waals surface area contributed by atoms with Crippen LogP contribution in [-0.2, 0) is 4.74 Å². The highest BCUT2D eigenvalue weighted by molar-refractivity contribution is 5.36. The minimum Gasteiger partial charge on any atom is -0.373 e. The van der Waals surface area contributed by atoms with Crippen molar-refractivity contribution in [1.29, 1.82) is 0 Å². The van der Waals surface area contributed by atoms with Gasteiger partial charge in [0.05, 0.1) is 18.8 Å². The Hall–Kier alpha value is -2.21. The number of hydrogen-bond acceptors (Lipinski definition) is 6. The van der Waals surface area contributed by atoms with Gasteiger partial charge in [-0.15, -0.1) is 0 Å². The minimum atomic E-state index is -0.0548. The topological polar surface area (TPSA) is 63.2 Å². The minimum absolute atomic E-state index is 0.0548. The summed E-state index contributed by atoms with van der Waals surface area (Å²) in [6.45, 7) is 2.16. The first-order valence-electron chi connectivity index (χ1n) is 6.65. The highest BCUT2D eigenvalue weighted by Crippen LogP contribution is 2.23. The first-order valence-corrected chi connectivity index (χ1v) is 6.65. The second-order valence-electron chi connectivity index (χ2n) is 4.55. The van der Waals surface area contributed by atoms with Gasteiger partial charge in [0, 0.05) is 26.0 Å². The lowest BCUT2D eigenvalue weighted by Crippen LogP contribution is -2.39. The van der Waals surface area contributed by atoms with E-state index in [0.717, 1.165) is 24.0 Å². The van der Waals surface area contributed by atoms with Crippen LogP contribution in [0.2, 0.25) is 0 Å². The van der Waals surface area contributed by atoms with E-state index in [1.165, 1.54) is 0 Å². The normalized spacial score (nSPS) is 18.9. The predicted octanol–water partition coefficient (Wildman–Crippen LogP) is 1.49. The van der Waals surface area contributed by atoms with Crippen molar-refractivity contribution in [3.63, 3.8) is 0 Å². The molecular weight excluding hydrogens is 254 g/mol. The summed E-state index contributed by atoms with van der Waals surface area (Å²) in [6, 6.07) is 7.72. The van der Waals surface area contributed by atoms with Gasteiger partial charge in [-0.1, -0.05) is 6.07 Å². The van der Waals surface area contributed by atoms with Crippen molar-refractivity contribution in [2.45, 2.75) is 6.10 Å². The van der Waals surface area contributed by atoms with Crippen molar-refractivity contribution in [3.8, 4) is 0 Å². The third-order valence-corrected chi connectivity index (χ3v) is 3.26. The quantitative estimate of drug-likeness (QED) is 0.912. The Balaban J connectivity index is 1.78. The molecule has 1 unspecified atom stereocenters. The van der Waals surface area contributed by atoms with E-state index in [9.17, 15) is 0 Å². The Labute approximate surface area is 117 Å². The number of aromatic nitrogens is 3. The van der Waals surface area contributed by atoms with Crippen LogP contribution in [0.1, 0.15) is 11.8 Å². The second-order valence-corrected chi connectivity index (χ2v) is 4.55. The van der Waals surface area contributed by atoms with Gasteiger partial charge in [0.15, 0.2) is 0 Å². The van der Waals surface area contributed by atoms with Gasteiger partial charge < -0.3 is 15.0 Å². The van der Waals surface area contributed by atoms with E-state index in [1.807, 2.05) is 31.3 Å². The molecule has 6 nitrogen and oxygen atoms in total. The summed E-state index contributed by atoms with van der Waals surface area (Å²) < 4.78 is 5.83. The fourth-order valence-electron chi connectivity index (χ4n) is 2.23. The van der Waals surface area contributed by atoms with Gasteiger partial charge in [0.1, 0.15) is 11.9 Å². The van der Waals surface area contributed by atoms with Crippen molar-refractivity contribution < 1.29 is 4.74 Å². The van der Waals surface area contributed by atoms with E-state index in [-0.39, 0.29) is 6.10 Å². The molecule has 0 radical (unpaired) electrons. The van der Waals surface area contributed by atoms with Crippen molar-refractivity contribution in [2.75, 3.05) is 37.0 Å². The number of rotatable bonds is 3. The molecule has 0 saturated carbocycles. The lowest BCUT2D eigenvalue weighted by molar-refractivity contribution is 0.0365. The van der Waals surface area contributed by atoms with Crippen molar-refractivity contribution in [3.05, 3.63) is 42.4 Å². The number of pyridine rings is 1. The molecule has 2 aromatic rings. The standard InChI is InChI=1S/C14H17N5O/c1-15-13-5-2-4-11(18-13)12-10-19(8-9-20-12)14-16-6-3-7-17-14/h2-7,12H,8-10H2,1H3,(H,15,18). The molecule has 0 aliphatic carbocycles. The first kappa shape index (κ1) is 12.8. The Morgan fingerprint density at radius 2 is 2.10 bits per heavy atom. The average Bonchev–Trinajstić information content (AvgIpc) is 2.56. The van der Waals surface area contributed by atoms with Crippen LogP contribution in [0.25, 0.3) is 0 Å². The number of nitrogens with one attached hydrogen (secondary N) is 1. The summed E-state index contributed by atoms with van der Waals surface area (Å²) in [5.41, 5.74) is 0.928. The van der Waals surface area contributed by atoms with E-state index in [1.54, 1.807) is 12.4 Å². The van der Waals surface area contributed by atoms with E-state index < -0.39 is 0 Å². The Morgan fingerprint density at radius 3 is 2.90 bits per heavy atom. The molecular formula is C14H17N5O. The molecule has 1 aliphatic rings. The van der Waals surface area contributed by atoms with Crippen molar-refractivity contribution in [2.24, 2.45) is 0 Å². The van der Waals surface area contributed by atoms with Crippen molar-refractivity contribution in [1.82, 2.24) is 15.0 Å². The Kier molecular flexibility index (Phi) is 3.73. The van der Waals surface area contributed by atoms with Crippen LogP contribution in [0.4, 0.5) is 11.8 Å². The molecule has 6 heteroatoms. The highest BCUT2D eigenvalue weighted by atomic mass is 16.5. The van der Waals surface area contributed by atoms with Gasteiger partial charge in [-0.05, 0) is 18.2 Å². The molecule has 1 N–H and O–H groups in total. The lowest BCUT2D eigenvalue weighted by Gasteiger charge is -2.32. The summed E-state index contributed by atoms with van der Waals surface area (Å²) in [6.07, 6.45) is 3.46. The monoisotopic (exact) mass is 271 g/mol. The van der Waals surface area contributed by atoms with Gasteiger partial charge in [0.2, 0.25) is 5.95 Å². The van der Waals surface area contributed by atoms with Crippen LogP contribution >= 0.6 is 0 Å². The second kappa shape index (κ2) is 5.83. The Morgan fingerprint density at radius 1 is 1.25 bits per heavy atom. The number of ether oxygens (including phenoxy) is 1. The molecule has 1 fully saturated rings. The molecule has 0 bridgehead atoms. The fourth-order valence-corrected chi connectivity index (χ4v) is 2.23. The molecule has 20 heavy (non-hydrogen) atoms.